The maximum Gasteiger partial charge on any atom is 0.441 e. The zero-order chi connectivity index (χ0) is 15.9. The van der Waals surface area contributed by atoms with Crippen molar-refractivity contribution in [1.82, 2.24) is 15.1 Å². The van der Waals surface area contributed by atoms with Gasteiger partial charge in [0.1, 0.15) is 0 Å². The van der Waals surface area contributed by atoms with E-state index in [4.69, 9.17) is 0 Å². The van der Waals surface area contributed by atoms with Crippen LogP contribution in [0.2, 0.25) is 0 Å². The molecule has 21 heavy (non-hydrogen) atoms. The molecule has 0 aromatic carbocycles. The highest BCUT2D eigenvalue weighted by Crippen LogP contribution is 2.30. The minimum Gasteiger partial charge on any atom is -0.313 e. The highest BCUT2D eigenvalue weighted by molar-refractivity contribution is 8.00. The Bertz CT molecular complexity index is 430. The Kier molecular flexibility index (Phi) is 7.59. The third-order valence-electron chi connectivity index (χ3n) is 3.22. The molecule has 3 nitrogen and oxygen atoms in total. The van der Waals surface area contributed by atoms with Crippen molar-refractivity contribution >= 4 is 11.8 Å². The largest absolute Gasteiger partial charge is 0.441 e. The third kappa shape index (κ3) is 5.90. The SMILES string of the molecule is CCCNCc1c(CC)nn(CCSC(F)(F)F)c1CC. The number of aromatic nitrogens is 2. The molecule has 1 aromatic heterocycles. The standard InChI is InChI=1S/C14H24F3N3S/c1-4-7-18-10-11-12(5-2)19-20(13(11)6-3)8-9-21-14(15,16)17/h18H,4-10H2,1-3H3. The first-order chi connectivity index (χ1) is 9.92. The van der Waals surface area contributed by atoms with Gasteiger partial charge in [-0.3, -0.25) is 4.68 Å². The van der Waals surface area contributed by atoms with Gasteiger partial charge in [0.05, 0.1) is 12.2 Å². The molecule has 0 amide bonds. The fourth-order valence-electron chi connectivity index (χ4n) is 2.30. The second-order valence-electron chi connectivity index (χ2n) is 4.77. The molecule has 0 spiro atoms. The normalized spacial score (nSPS) is 12.1. The summed E-state index contributed by atoms with van der Waals surface area (Å²) in [5, 5.41) is 7.85. The molecule has 122 valence electrons. The number of hydrogen-bond acceptors (Lipinski definition) is 3. The van der Waals surface area contributed by atoms with Crippen LogP contribution in [0.4, 0.5) is 13.2 Å². The second-order valence-corrected chi connectivity index (χ2v) is 5.93. The lowest BCUT2D eigenvalue weighted by atomic mass is 10.1. The van der Waals surface area contributed by atoms with Gasteiger partial charge in [-0.15, -0.1) is 0 Å². The summed E-state index contributed by atoms with van der Waals surface area (Å²) < 4.78 is 38.4. The molecule has 1 rings (SSSR count). The number of alkyl halides is 3. The number of hydrogen-bond donors (Lipinski definition) is 1. The van der Waals surface area contributed by atoms with E-state index in [-0.39, 0.29) is 17.5 Å². The van der Waals surface area contributed by atoms with Crippen LogP contribution in [0.5, 0.6) is 0 Å². The summed E-state index contributed by atoms with van der Waals surface area (Å²) in [4.78, 5) is 0. The van der Waals surface area contributed by atoms with Gasteiger partial charge in [-0.1, -0.05) is 20.8 Å². The van der Waals surface area contributed by atoms with Crippen LogP contribution in [-0.4, -0.2) is 27.6 Å². The van der Waals surface area contributed by atoms with Crippen LogP contribution in [0.25, 0.3) is 0 Å². The predicted octanol–water partition coefficient (Wildman–Crippen LogP) is 3.76. The second kappa shape index (κ2) is 8.68. The van der Waals surface area contributed by atoms with Gasteiger partial charge in [0.25, 0.3) is 0 Å². The van der Waals surface area contributed by atoms with Crippen molar-refractivity contribution < 1.29 is 13.2 Å². The lowest BCUT2D eigenvalue weighted by Crippen LogP contribution is -2.16. The summed E-state index contributed by atoms with van der Waals surface area (Å²) in [6.07, 6.45) is 2.64. The predicted molar refractivity (Wildman–Crippen MR) is 81.5 cm³/mol. The molecule has 0 saturated heterocycles. The van der Waals surface area contributed by atoms with Gasteiger partial charge in [0.15, 0.2) is 0 Å². The van der Waals surface area contributed by atoms with Gasteiger partial charge < -0.3 is 5.32 Å². The molecule has 0 aliphatic carbocycles. The van der Waals surface area contributed by atoms with E-state index in [9.17, 15) is 13.2 Å². The van der Waals surface area contributed by atoms with Gasteiger partial charge in [-0.2, -0.15) is 18.3 Å². The zero-order valence-electron chi connectivity index (χ0n) is 12.9. The molecule has 0 aliphatic heterocycles. The highest BCUT2D eigenvalue weighted by Gasteiger charge is 2.27. The van der Waals surface area contributed by atoms with E-state index in [1.165, 1.54) is 0 Å². The zero-order valence-corrected chi connectivity index (χ0v) is 13.7. The van der Waals surface area contributed by atoms with Gasteiger partial charge in [0.2, 0.25) is 0 Å². The van der Waals surface area contributed by atoms with Crippen molar-refractivity contribution in [2.45, 2.75) is 58.6 Å². The van der Waals surface area contributed by atoms with Gasteiger partial charge in [0, 0.05) is 23.6 Å². The first-order valence-electron chi connectivity index (χ1n) is 7.41. The molecule has 0 unspecified atom stereocenters. The quantitative estimate of drug-likeness (QED) is 0.702. The van der Waals surface area contributed by atoms with E-state index in [2.05, 4.69) is 17.3 Å². The van der Waals surface area contributed by atoms with Crippen LogP contribution in [-0.2, 0) is 25.9 Å². The van der Waals surface area contributed by atoms with Crippen LogP contribution in [0.15, 0.2) is 0 Å². The molecule has 0 fully saturated rings. The lowest BCUT2D eigenvalue weighted by Gasteiger charge is -2.09. The number of nitrogens with one attached hydrogen (secondary N) is 1. The summed E-state index contributed by atoms with van der Waals surface area (Å²) in [6, 6.07) is 0. The Morgan fingerprint density at radius 3 is 2.43 bits per heavy atom. The molecule has 0 radical (unpaired) electrons. The Balaban J connectivity index is 2.79. The lowest BCUT2D eigenvalue weighted by molar-refractivity contribution is -0.0328. The van der Waals surface area contributed by atoms with Crippen LogP contribution in [0, 0.1) is 0 Å². The average Bonchev–Trinajstić information content (AvgIpc) is 2.75. The molecule has 1 aromatic rings. The smallest absolute Gasteiger partial charge is 0.313 e. The Morgan fingerprint density at radius 1 is 1.19 bits per heavy atom. The molecule has 0 atom stereocenters. The molecule has 7 heteroatoms. The van der Waals surface area contributed by atoms with E-state index >= 15 is 0 Å². The number of thioether (sulfide) groups is 1. The van der Waals surface area contributed by atoms with E-state index in [0.29, 0.717) is 6.54 Å². The minimum absolute atomic E-state index is 0.00314. The van der Waals surface area contributed by atoms with Crippen molar-refractivity contribution in [2.24, 2.45) is 0 Å². The molecular weight excluding hydrogens is 299 g/mol. The van der Waals surface area contributed by atoms with Gasteiger partial charge in [-0.05, 0) is 37.6 Å². The Hall–Kier alpha value is -0.690. The van der Waals surface area contributed by atoms with E-state index in [1.807, 2.05) is 13.8 Å². The summed E-state index contributed by atoms with van der Waals surface area (Å²) in [5.41, 5.74) is -0.963. The first kappa shape index (κ1) is 18.4. The van der Waals surface area contributed by atoms with Crippen molar-refractivity contribution in [3.8, 4) is 0 Å². The molecule has 1 N–H and O–H groups in total. The maximum absolute atomic E-state index is 12.2. The third-order valence-corrected chi connectivity index (χ3v) is 3.93. The molecule has 0 bridgehead atoms. The molecular formula is C14H24F3N3S. The Morgan fingerprint density at radius 2 is 1.90 bits per heavy atom. The molecule has 1 heterocycles. The van der Waals surface area contributed by atoms with Gasteiger partial charge in [-0.25, -0.2) is 0 Å². The van der Waals surface area contributed by atoms with Crippen molar-refractivity contribution in [2.75, 3.05) is 12.3 Å². The molecule has 0 saturated carbocycles. The van der Waals surface area contributed by atoms with Crippen molar-refractivity contribution in [3.05, 3.63) is 17.0 Å². The summed E-state index contributed by atoms with van der Waals surface area (Å²) in [6.45, 7) is 8.13. The fraction of sp³-hybridized carbons (Fsp3) is 0.786. The van der Waals surface area contributed by atoms with Gasteiger partial charge >= 0.3 is 5.51 Å². The first-order valence-corrected chi connectivity index (χ1v) is 8.40. The summed E-state index contributed by atoms with van der Waals surface area (Å²) in [7, 11) is 0. The number of rotatable bonds is 9. The number of aryl methyl sites for hydroxylation is 2. The van der Waals surface area contributed by atoms with Crippen LogP contribution >= 0.6 is 11.8 Å². The fourth-order valence-corrected chi connectivity index (χ4v) is 2.79. The van der Waals surface area contributed by atoms with E-state index < -0.39 is 5.51 Å². The summed E-state index contributed by atoms with van der Waals surface area (Å²) >= 11 is 0.0153. The Labute approximate surface area is 128 Å². The monoisotopic (exact) mass is 323 g/mol. The minimum atomic E-state index is -4.17. The topological polar surface area (TPSA) is 29.9 Å². The van der Waals surface area contributed by atoms with Crippen LogP contribution in [0.1, 0.15) is 44.1 Å². The van der Waals surface area contributed by atoms with E-state index in [1.54, 1.807) is 4.68 Å². The molecule has 0 aliphatic rings. The van der Waals surface area contributed by atoms with Crippen LogP contribution < -0.4 is 5.32 Å². The van der Waals surface area contributed by atoms with Crippen molar-refractivity contribution in [3.63, 3.8) is 0 Å². The highest BCUT2D eigenvalue weighted by atomic mass is 32.2. The summed E-state index contributed by atoms with van der Waals surface area (Å²) in [5.74, 6) is 0.00314. The van der Waals surface area contributed by atoms with E-state index in [0.717, 1.165) is 49.3 Å². The van der Waals surface area contributed by atoms with Crippen molar-refractivity contribution in [1.29, 1.82) is 0 Å². The average molecular weight is 323 g/mol. The number of nitrogens with zero attached hydrogens (tertiary/aromatic N) is 2. The number of halogens is 3. The van der Waals surface area contributed by atoms with Crippen LogP contribution in [0.3, 0.4) is 0 Å². The maximum atomic E-state index is 12.2.